The van der Waals surface area contributed by atoms with Gasteiger partial charge in [0.05, 0.1) is 0 Å². The molecule has 0 saturated carbocycles. The van der Waals surface area contributed by atoms with Gasteiger partial charge in [-0.3, -0.25) is 4.90 Å². The summed E-state index contributed by atoms with van der Waals surface area (Å²) in [4.78, 5) is 9.23. The SMILES string of the molecule is C=CCc1ccccc1OC[C@H](S)CN1CCN(c2ccccn2)CC1. The zero-order chi connectivity index (χ0) is 18.2. The highest BCUT2D eigenvalue weighted by molar-refractivity contribution is 7.81. The van der Waals surface area contributed by atoms with Crippen molar-refractivity contribution in [3.05, 3.63) is 66.9 Å². The first-order chi connectivity index (χ1) is 12.8. The molecule has 1 fully saturated rings. The second kappa shape index (κ2) is 9.64. The number of nitrogens with zero attached hydrogens (tertiary/aromatic N) is 3. The molecule has 0 amide bonds. The number of anilines is 1. The number of benzene rings is 1. The first-order valence-electron chi connectivity index (χ1n) is 9.14. The zero-order valence-corrected chi connectivity index (χ0v) is 16.0. The minimum atomic E-state index is 0.188. The molecule has 0 radical (unpaired) electrons. The Morgan fingerprint density at radius 3 is 2.62 bits per heavy atom. The minimum absolute atomic E-state index is 0.188. The van der Waals surface area contributed by atoms with Gasteiger partial charge in [-0.15, -0.1) is 6.58 Å². The molecule has 2 aromatic rings. The van der Waals surface area contributed by atoms with E-state index >= 15 is 0 Å². The summed E-state index contributed by atoms with van der Waals surface area (Å²) >= 11 is 4.74. The summed E-state index contributed by atoms with van der Waals surface area (Å²) in [6, 6.07) is 14.2. The lowest BCUT2D eigenvalue weighted by Gasteiger charge is -2.36. The highest BCUT2D eigenvalue weighted by Crippen LogP contribution is 2.20. The van der Waals surface area contributed by atoms with Crippen molar-refractivity contribution in [3.8, 4) is 5.75 Å². The Hall–Kier alpha value is -1.98. The predicted molar refractivity (Wildman–Crippen MR) is 112 cm³/mol. The first kappa shape index (κ1) is 18.8. The number of rotatable bonds is 8. The van der Waals surface area contributed by atoms with Crippen molar-refractivity contribution in [2.75, 3.05) is 44.2 Å². The van der Waals surface area contributed by atoms with E-state index in [1.165, 1.54) is 5.56 Å². The van der Waals surface area contributed by atoms with Crippen molar-refractivity contribution >= 4 is 18.4 Å². The topological polar surface area (TPSA) is 28.6 Å². The monoisotopic (exact) mass is 369 g/mol. The molecule has 4 nitrogen and oxygen atoms in total. The van der Waals surface area contributed by atoms with Gasteiger partial charge in [0.15, 0.2) is 0 Å². The highest BCUT2D eigenvalue weighted by atomic mass is 32.1. The number of hydrogen-bond acceptors (Lipinski definition) is 5. The predicted octanol–water partition coefficient (Wildman–Crippen LogP) is 3.31. The van der Waals surface area contributed by atoms with Gasteiger partial charge in [0.2, 0.25) is 0 Å². The summed E-state index contributed by atoms with van der Waals surface area (Å²) in [5.74, 6) is 2.00. The molecule has 5 heteroatoms. The van der Waals surface area contributed by atoms with Crippen LogP contribution in [0.4, 0.5) is 5.82 Å². The molecular weight excluding hydrogens is 342 g/mol. The standard InChI is InChI=1S/C21H27N3OS/c1-2-7-18-8-3-4-9-20(18)25-17-19(26)16-23-12-14-24(15-13-23)21-10-5-6-11-22-21/h2-6,8-11,19,26H,1,7,12-17H2/t19-/m1/s1. The number of hydrogen-bond donors (Lipinski definition) is 1. The van der Waals surface area contributed by atoms with Crippen molar-refractivity contribution in [1.82, 2.24) is 9.88 Å². The molecule has 1 aliphatic heterocycles. The average molecular weight is 370 g/mol. The van der Waals surface area contributed by atoms with E-state index in [9.17, 15) is 0 Å². The van der Waals surface area contributed by atoms with Crippen LogP contribution in [0.3, 0.4) is 0 Å². The number of piperazine rings is 1. The van der Waals surface area contributed by atoms with Gasteiger partial charge in [0.1, 0.15) is 18.2 Å². The largest absolute Gasteiger partial charge is 0.492 e. The summed E-state index contributed by atoms with van der Waals surface area (Å²) < 4.78 is 6.01. The number of aromatic nitrogens is 1. The third-order valence-electron chi connectivity index (χ3n) is 4.58. The summed E-state index contributed by atoms with van der Waals surface area (Å²) in [6.45, 7) is 9.41. The molecule has 2 heterocycles. The van der Waals surface area contributed by atoms with E-state index in [1.54, 1.807) is 0 Å². The molecule has 26 heavy (non-hydrogen) atoms. The van der Waals surface area contributed by atoms with Crippen LogP contribution in [0.25, 0.3) is 0 Å². The van der Waals surface area contributed by atoms with Gasteiger partial charge >= 0.3 is 0 Å². The van der Waals surface area contributed by atoms with Crippen LogP contribution in [0.15, 0.2) is 61.3 Å². The fourth-order valence-corrected chi connectivity index (χ4v) is 3.51. The Labute approximate surface area is 161 Å². The Kier molecular flexibility index (Phi) is 6.97. The van der Waals surface area contributed by atoms with Gasteiger partial charge in [-0.25, -0.2) is 4.98 Å². The minimum Gasteiger partial charge on any atom is -0.492 e. The van der Waals surface area contributed by atoms with E-state index in [0.29, 0.717) is 6.61 Å². The molecule has 0 aliphatic carbocycles. The molecule has 0 unspecified atom stereocenters. The zero-order valence-electron chi connectivity index (χ0n) is 15.1. The smallest absolute Gasteiger partial charge is 0.128 e. The second-order valence-electron chi connectivity index (χ2n) is 6.54. The lowest BCUT2D eigenvalue weighted by Crippen LogP contribution is -2.48. The van der Waals surface area contributed by atoms with E-state index in [2.05, 4.69) is 33.5 Å². The fraction of sp³-hybridized carbons (Fsp3) is 0.381. The fourth-order valence-electron chi connectivity index (χ4n) is 3.21. The highest BCUT2D eigenvalue weighted by Gasteiger charge is 2.20. The maximum Gasteiger partial charge on any atom is 0.128 e. The number of thiol groups is 1. The maximum atomic E-state index is 6.01. The van der Waals surface area contributed by atoms with Crippen molar-refractivity contribution < 1.29 is 4.74 Å². The molecule has 0 N–H and O–H groups in total. The number of ether oxygens (including phenoxy) is 1. The summed E-state index contributed by atoms with van der Waals surface area (Å²) in [7, 11) is 0. The van der Waals surface area contributed by atoms with Crippen LogP contribution in [-0.2, 0) is 6.42 Å². The summed E-state index contributed by atoms with van der Waals surface area (Å²) in [5, 5.41) is 0.188. The molecule has 1 aromatic heterocycles. The molecule has 1 atom stereocenters. The van der Waals surface area contributed by atoms with Crippen LogP contribution in [0.1, 0.15) is 5.56 Å². The molecular formula is C21H27N3OS. The van der Waals surface area contributed by atoms with E-state index < -0.39 is 0 Å². The molecule has 3 rings (SSSR count). The number of pyridine rings is 1. The van der Waals surface area contributed by atoms with Gasteiger partial charge in [-0.2, -0.15) is 12.6 Å². The summed E-state index contributed by atoms with van der Waals surface area (Å²) in [5.41, 5.74) is 1.17. The lowest BCUT2D eigenvalue weighted by molar-refractivity contribution is 0.229. The Bertz CT molecular complexity index is 687. The van der Waals surface area contributed by atoms with Gasteiger partial charge in [-0.05, 0) is 30.2 Å². The Morgan fingerprint density at radius 2 is 1.88 bits per heavy atom. The summed E-state index contributed by atoms with van der Waals surface area (Å²) in [6.07, 6.45) is 4.58. The molecule has 0 bridgehead atoms. The molecule has 1 aromatic carbocycles. The van der Waals surface area contributed by atoms with Crippen LogP contribution in [0.2, 0.25) is 0 Å². The number of para-hydroxylation sites is 1. The molecule has 0 spiro atoms. The van der Waals surface area contributed by atoms with Gasteiger partial charge in [0.25, 0.3) is 0 Å². The van der Waals surface area contributed by atoms with E-state index in [4.69, 9.17) is 17.4 Å². The van der Waals surface area contributed by atoms with Crippen LogP contribution in [0, 0.1) is 0 Å². The Balaban J connectivity index is 1.43. The van der Waals surface area contributed by atoms with Crippen LogP contribution >= 0.6 is 12.6 Å². The van der Waals surface area contributed by atoms with Crippen molar-refractivity contribution in [2.45, 2.75) is 11.7 Å². The van der Waals surface area contributed by atoms with Crippen molar-refractivity contribution in [2.24, 2.45) is 0 Å². The third-order valence-corrected chi connectivity index (χ3v) is 4.89. The van der Waals surface area contributed by atoms with Gasteiger partial charge in [0, 0.05) is 44.2 Å². The molecule has 1 saturated heterocycles. The third kappa shape index (κ3) is 5.26. The first-order valence-corrected chi connectivity index (χ1v) is 9.66. The van der Waals surface area contributed by atoms with E-state index in [-0.39, 0.29) is 5.25 Å². The Morgan fingerprint density at radius 1 is 1.12 bits per heavy atom. The van der Waals surface area contributed by atoms with Crippen molar-refractivity contribution in [3.63, 3.8) is 0 Å². The van der Waals surface area contributed by atoms with E-state index in [1.807, 2.05) is 42.6 Å². The normalized spacial score (nSPS) is 16.3. The second-order valence-corrected chi connectivity index (χ2v) is 7.27. The van der Waals surface area contributed by atoms with Gasteiger partial charge < -0.3 is 9.64 Å². The van der Waals surface area contributed by atoms with Gasteiger partial charge in [-0.1, -0.05) is 30.3 Å². The number of allylic oxidation sites excluding steroid dienone is 1. The lowest BCUT2D eigenvalue weighted by atomic mass is 10.1. The quantitative estimate of drug-likeness (QED) is 0.571. The molecule has 138 valence electrons. The van der Waals surface area contributed by atoms with Crippen molar-refractivity contribution in [1.29, 1.82) is 0 Å². The maximum absolute atomic E-state index is 6.01. The average Bonchev–Trinajstić information content (AvgIpc) is 2.69. The van der Waals surface area contributed by atoms with Crippen LogP contribution in [-0.4, -0.2) is 54.5 Å². The molecule has 1 aliphatic rings. The van der Waals surface area contributed by atoms with Crippen LogP contribution in [0.5, 0.6) is 5.75 Å². The van der Waals surface area contributed by atoms with E-state index in [0.717, 1.165) is 50.7 Å². The van der Waals surface area contributed by atoms with Crippen LogP contribution < -0.4 is 9.64 Å².